The van der Waals surface area contributed by atoms with Crippen LogP contribution in [0.15, 0.2) is 10.8 Å². The van der Waals surface area contributed by atoms with Gasteiger partial charge in [0.2, 0.25) is 0 Å². The van der Waals surface area contributed by atoms with Gasteiger partial charge in [-0.1, -0.05) is 0 Å². The quantitative estimate of drug-likeness (QED) is 0.534. The zero-order chi connectivity index (χ0) is 15.3. The minimum Gasteiger partial charge on any atom is -0.485 e. The van der Waals surface area contributed by atoms with Crippen molar-refractivity contribution in [3.05, 3.63) is 10.8 Å². The van der Waals surface area contributed by atoms with Gasteiger partial charge in [-0.3, -0.25) is 4.18 Å². The van der Waals surface area contributed by atoms with Crippen LogP contribution in [-0.2, 0) is 19.0 Å². The van der Waals surface area contributed by atoms with Crippen molar-refractivity contribution >= 4 is 21.5 Å². The van der Waals surface area contributed by atoms with E-state index in [2.05, 4.69) is 0 Å². The summed E-state index contributed by atoms with van der Waals surface area (Å²) in [5, 5.41) is 3.20. The van der Waals surface area contributed by atoms with Gasteiger partial charge in [0.25, 0.3) is 10.1 Å². The molecule has 8 heteroatoms. The Balaban J connectivity index is 1.67. The van der Waals surface area contributed by atoms with Crippen LogP contribution in [0.1, 0.15) is 20.3 Å². The Morgan fingerprint density at radius 1 is 1.43 bits per heavy atom. The third-order valence-corrected chi connectivity index (χ3v) is 5.54. The summed E-state index contributed by atoms with van der Waals surface area (Å²) in [5.74, 6) is 1.51. The standard InChI is InChI=1S/C13H20O6S2/c1-3-18-21(14,15)10(2)4-5-16-6-11-7-17-12-8-20-9-13(12)19-11/h8-11H,3-7H2,1-2H3. The van der Waals surface area contributed by atoms with Crippen LogP contribution in [-0.4, -0.2) is 46.2 Å². The molecule has 2 atom stereocenters. The van der Waals surface area contributed by atoms with Crippen LogP contribution in [0.5, 0.6) is 11.5 Å². The maximum Gasteiger partial charge on any atom is 0.270 e. The molecule has 2 unspecified atom stereocenters. The van der Waals surface area contributed by atoms with Gasteiger partial charge in [0.1, 0.15) is 6.61 Å². The summed E-state index contributed by atoms with van der Waals surface area (Å²) in [6.45, 7) is 4.58. The highest BCUT2D eigenvalue weighted by atomic mass is 32.2. The molecule has 1 aromatic rings. The number of hydrogen-bond donors (Lipinski definition) is 0. The fourth-order valence-electron chi connectivity index (χ4n) is 1.83. The molecule has 0 N–H and O–H groups in total. The molecule has 21 heavy (non-hydrogen) atoms. The fraction of sp³-hybridized carbons (Fsp3) is 0.692. The van der Waals surface area contributed by atoms with E-state index in [-0.39, 0.29) is 12.7 Å². The Morgan fingerprint density at radius 3 is 2.95 bits per heavy atom. The molecule has 1 aromatic heterocycles. The molecule has 1 aliphatic rings. The second kappa shape index (κ2) is 7.44. The smallest absolute Gasteiger partial charge is 0.270 e. The van der Waals surface area contributed by atoms with Gasteiger partial charge in [-0.15, -0.1) is 11.3 Å². The predicted molar refractivity (Wildman–Crippen MR) is 79.7 cm³/mol. The highest BCUT2D eigenvalue weighted by Gasteiger charge is 2.23. The largest absolute Gasteiger partial charge is 0.485 e. The van der Waals surface area contributed by atoms with Crippen LogP contribution >= 0.6 is 11.3 Å². The zero-order valence-electron chi connectivity index (χ0n) is 12.1. The highest BCUT2D eigenvalue weighted by molar-refractivity contribution is 7.87. The first-order valence-electron chi connectivity index (χ1n) is 6.84. The van der Waals surface area contributed by atoms with Crippen molar-refractivity contribution < 1.29 is 26.8 Å². The van der Waals surface area contributed by atoms with E-state index in [0.717, 1.165) is 11.5 Å². The molecule has 6 nitrogen and oxygen atoms in total. The average Bonchev–Trinajstić information content (AvgIpc) is 2.90. The monoisotopic (exact) mass is 336 g/mol. The van der Waals surface area contributed by atoms with Crippen molar-refractivity contribution in [1.29, 1.82) is 0 Å². The summed E-state index contributed by atoms with van der Waals surface area (Å²) in [7, 11) is -3.48. The number of fused-ring (bicyclic) bond motifs is 1. The maximum atomic E-state index is 11.6. The molecule has 0 spiro atoms. The van der Waals surface area contributed by atoms with Crippen molar-refractivity contribution in [2.24, 2.45) is 0 Å². The molecule has 0 fully saturated rings. The van der Waals surface area contributed by atoms with E-state index in [9.17, 15) is 8.42 Å². The highest BCUT2D eigenvalue weighted by Crippen LogP contribution is 2.35. The summed E-state index contributed by atoms with van der Waals surface area (Å²) >= 11 is 1.53. The van der Waals surface area contributed by atoms with Crippen molar-refractivity contribution in [3.8, 4) is 11.5 Å². The molecule has 0 saturated carbocycles. The second-order valence-electron chi connectivity index (χ2n) is 4.72. The molecule has 0 bridgehead atoms. The van der Waals surface area contributed by atoms with Gasteiger partial charge in [0, 0.05) is 17.4 Å². The van der Waals surface area contributed by atoms with E-state index in [1.54, 1.807) is 13.8 Å². The number of ether oxygens (including phenoxy) is 3. The van der Waals surface area contributed by atoms with Crippen LogP contribution in [0.4, 0.5) is 0 Å². The van der Waals surface area contributed by atoms with Crippen molar-refractivity contribution in [1.82, 2.24) is 0 Å². The van der Waals surface area contributed by atoms with E-state index >= 15 is 0 Å². The molecule has 2 heterocycles. The molecule has 120 valence electrons. The minimum absolute atomic E-state index is 0.157. The normalized spacial score (nSPS) is 19.4. The van der Waals surface area contributed by atoms with Crippen LogP contribution in [0.3, 0.4) is 0 Å². The lowest BCUT2D eigenvalue weighted by Gasteiger charge is -2.24. The molecule has 0 aliphatic carbocycles. The summed E-state index contributed by atoms with van der Waals surface area (Å²) in [6, 6.07) is 0. The number of rotatable bonds is 8. The van der Waals surface area contributed by atoms with Gasteiger partial charge in [0.05, 0.1) is 18.5 Å². The van der Waals surface area contributed by atoms with Crippen molar-refractivity contribution in [3.63, 3.8) is 0 Å². The average molecular weight is 336 g/mol. The molecular weight excluding hydrogens is 316 g/mol. The zero-order valence-corrected chi connectivity index (χ0v) is 13.7. The van der Waals surface area contributed by atoms with Crippen LogP contribution in [0.25, 0.3) is 0 Å². The van der Waals surface area contributed by atoms with Crippen molar-refractivity contribution in [2.45, 2.75) is 31.6 Å². The first kappa shape index (κ1) is 16.5. The molecule has 1 aliphatic heterocycles. The predicted octanol–water partition coefficient (Wildman–Crippen LogP) is 2.05. The Hall–Kier alpha value is -0.830. The van der Waals surface area contributed by atoms with Gasteiger partial charge < -0.3 is 14.2 Å². The first-order chi connectivity index (χ1) is 10.0. The van der Waals surface area contributed by atoms with Gasteiger partial charge in [-0.05, 0) is 20.3 Å². The molecular formula is C13H20O6S2. The summed E-state index contributed by atoms with van der Waals surface area (Å²) in [4.78, 5) is 0. The molecule has 0 radical (unpaired) electrons. The Kier molecular flexibility index (Phi) is 5.86. The lowest BCUT2D eigenvalue weighted by atomic mass is 10.3. The van der Waals surface area contributed by atoms with E-state index in [1.165, 1.54) is 11.3 Å². The lowest BCUT2D eigenvalue weighted by molar-refractivity contribution is 0.00876. The van der Waals surface area contributed by atoms with Gasteiger partial charge >= 0.3 is 0 Å². The van der Waals surface area contributed by atoms with Crippen molar-refractivity contribution in [2.75, 3.05) is 26.4 Å². The van der Waals surface area contributed by atoms with Crippen LogP contribution < -0.4 is 9.47 Å². The molecule has 0 aromatic carbocycles. The third-order valence-electron chi connectivity index (χ3n) is 3.06. The Bertz CT molecular complexity index is 539. The van der Waals surface area contributed by atoms with Gasteiger partial charge in [0.15, 0.2) is 17.6 Å². The summed E-state index contributed by atoms with van der Waals surface area (Å²) in [6.07, 6.45) is 0.227. The first-order valence-corrected chi connectivity index (χ1v) is 9.26. The second-order valence-corrected chi connectivity index (χ2v) is 7.49. The number of thiophene rings is 1. The molecule has 2 rings (SSSR count). The Morgan fingerprint density at radius 2 is 2.19 bits per heavy atom. The number of hydrogen-bond acceptors (Lipinski definition) is 7. The topological polar surface area (TPSA) is 71.1 Å². The van der Waals surface area contributed by atoms with Crippen LogP contribution in [0, 0.1) is 0 Å². The van der Waals surface area contributed by atoms with Gasteiger partial charge in [-0.2, -0.15) is 8.42 Å². The summed E-state index contributed by atoms with van der Waals surface area (Å²) < 4.78 is 44.7. The van der Waals surface area contributed by atoms with E-state index in [4.69, 9.17) is 18.4 Å². The van der Waals surface area contributed by atoms with E-state index in [1.807, 2.05) is 10.8 Å². The SMILES string of the molecule is CCOS(=O)(=O)C(C)CCOCC1COc2cscc2O1. The summed E-state index contributed by atoms with van der Waals surface area (Å²) in [5.41, 5.74) is 0. The lowest BCUT2D eigenvalue weighted by Crippen LogP contribution is -2.33. The van der Waals surface area contributed by atoms with Gasteiger partial charge in [-0.25, -0.2) is 0 Å². The molecule has 0 saturated heterocycles. The fourth-order valence-corrected chi connectivity index (χ4v) is 3.45. The molecule has 0 amide bonds. The Labute approximate surface area is 129 Å². The third kappa shape index (κ3) is 4.57. The van der Waals surface area contributed by atoms with E-state index in [0.29, 0.717) is 26.2 Å². The maximum absolute atomic E-state index is 11.6. The van der Waals surface area contributed by atoms with E-state index < -0.39 is 15.4 Å². The van der Waals surface area contributed by atoms with Crippen LogP contribution in [0.2, 0.25) is 0 Å². The minimum atomic E-state index is -3.48.